The molecule has 2 aromatic rings. The van der Waals surface area contributed by atoms with Crippen LogP contribution in [0.3, 0.4) is 0 Å². The van der Waals surface area contributed by atoms with Crippen molar-refractivity contribution in [3.05, 3.63) is 54.1 Å². The number of amides is 10. The summed E-state index contributed by atoms with van der Waals surface area (Å²) in [5.41, 5.74) is 12.3. The highest BCUT2D eigenvalue weighted by Crippen LogP contribution is 2.21. The summed E-state index contributed by atoms with van der Waals surface area (Å²) >= 11 is 1.31. The minimum atomic E-state index is -1.78. The van der Waals surface area contributed by atoms with Crippen molar-refractivity contribution in [3.63, 3.8) is 0 Å². The Morgan fingerprint density at radius 3 is 1.82 bits per heavy atom. The van der Waals surface area contributed by atoms with Gasteiger partial charge >= 0.3 is 11.9 Å². The molecule has 0 saturated carbocycles. The number of aromatic amines is 1. The largest absolute Gasteiger partial charge is 0.481 e. The van der Waals surface area contributed by atoms with Gasteiger partial charge in [0, 0.05) is 37.7 Å². The SMILES string of the molecule is CSCC[C@H](NC(=O)[C@H](CC(C)C)NC(=O)CNC(=O)[C@H](Cc1ccccc1)NC(=O)[C@H](CC(C)C)NC(=O)[C@H](C)N)C(=O)N[C@@H](CC(N)=O)C(=O)N[C@@H](CCC(=O)O)C(=O)N1CCC[C@H]1C(=O)N[C@@H](Cc1cnc[nH]1)C(=O)O. The number of H-pyrrole nitrogens is 1. The van der Waals surface area contributed by atoms with Crippen LogP contribution in [0, 0.1) is 11.8 Å². The van der Waals surface area contributed by atoms with Crippen LogP contribution in [0.15, 0.2) is 42.9 Å². The van der Waals surface area contributed by atoms with Crippen LogP contribution in [-0.2, 0) is 70.4 Å². The normalized spacial score (nSPS) is 16.1. The Morgan fingerprint density at radius 1 is 0.696 bits per heavy atom. The number of carboxylic acid groups (broad SMARTS) is 2. The van der Waals surface area contributed by atoms with Crippen molar-refractivity contribution < 1.29 is 67.7 Å². The summed E-state index contributed by atoms with van der Waals surface area (Å²) in [5.74, 6) is -11.2. The number of imidazole rings is 1. The minimum Gasteiger partial charge on any atom is -0.481 e. The van der Waals surface area contributed by atoms with Gasteiger partial charge in [-0.1, -0.05) is 58.0 Å². The Hall–Kier alpha value is -7.62. The molecule has 0 radical (unpaired) electrons. The number of nitrogens with one attached hydrogen (secondary N) is 9. The van der Waals surface area contributed by atoms with E-state index in [-0.39, 0.29) is 62.7 Å². The number of primary amides is 1. The standard InChI is InChI=1S/C51H77N13O14S/c1-27(2)19-34(57-41(66)25-55-44(70)36(21-30-11-8-7-9-12-30)61-47(73)35(20-28(3)4)60-43(69)29(5)52)46(72)58-32(16-18-79-6)45(71)62-37(23-40(53)65)48(74)59-33(14-15-42(67)68)50(76)64-17-10-13-39(64)49(75)63-38(51(77)78)22-31-24-54-26-56-31/h7-9,11-12,24,26-29,32-39H,10,13-23,25,52H2,1-6H3,(H2,53,65)(H,54,56)(H,55,70)(H,57,66)(H,58,72)(H,59,74)(H,60,69)(H,61,73)(H,62,71)(H,63,75)(H,67,68)(H,77,78)/t29-,32-,33-,34-,35-,36-,37-,38-,39-/m0/s1. The van der Waals surface area contributed by atoms with Gasteiger partial charge in [0.15, 0.2) is 0 Å². The topological polar surface area (TPSA) is 426 Å². The highest BCUT2D eigenvalue weighted by Gasteiger charge is 2.40. The third kappa shape index (κ3) is 23.1. The number of nitrogens with zero attached hydrogens (tertiary/aromatic N) is 2. The molecule has 1 aromatic carbocycles. The molecular weight excluding hydrogens is 1050 g/mol. The van der Waals surface area contributed by atoms with E-state index in [4.69, 9.17) is 11.5 Å². The number of aliphatic carboxylic acids is 2. The van der Waals surface area contributed by atoms with E-state index in [2.05, 4.69) is 52.5 Å². The van der Waals surface area contributed by atoms with Gasteiger partial charge in [-0.3, -0.25) is 52.7 Å². The summed E-state index contributed by atoms with van der Waals surface area (Å²) in [6.07, 6.45) is 2.95. The maximum absolute atomic E-state index is 14.1. The number of carbonyl (C=O) groups excluding carboxylic acids is 10. The summed E-state index contributed by atoms with van der Waals surface area (Å²) in [7, 11) is 0. The zero-order chi connectivity index (χ0) is 58.9. The zero-order valence-corrected chi connectivity index (χ0v) is 46.2. The van der Waals surface area contributed by atoms with E-state index < -0.39 is 151 Å². The van der Waals surface area contributed by atoms with E-state index in [0.29, 0.717) is 17.7 Å². The lowest BCUT2D eigenvalue weighted by Crippen LogP contribution is -2.60. The molecule has 10 amide bonds. The zero-order valence-electron chi connectivity index (χ0n) is 45.3. The van der Waals surface area contributed by atoms with Gasteiger partial charge in [0.2, 0.25) is 59.1 Å². The molecule has 436 valence electrons. The average Bonchev–Trinajstić information content (AvgIpc) is 4.10. The van der Waals surface area contributed by atoms with Gasteiger partial charge in [-0.2, -0.15) is 11.8 Å². The molecule has 15 N–H and O–H groups in total. The molecule has 0 unspecified atom stereocenters. The fourth-order valence-electron chi connectivity index (χ4n) is 8.42. The van der Waals surface area contributed by atoms with E-state index in [0.717, 1.165) is 4.90 Å². The molecule has 2 heterocycles. The van der Waals surface area contributed by atoms with E-state index in [1.165, 1.54) is 31.2 Å². The van der Waals surface area contributed by atoms with Gasteiger partial charge in [-0.15, -0.1) is 0 Å². The van der Waals surface area contributed by atoms with Gasteiger partial charge < -0.3 is 74.1 Å². The number of rotatable bonds is 34. The van der Waals surface area contributed by atoms with Gasteiger partial charge in [-0.05, 0) is 74.9 Å². The monoisotopic (exact) mass is 1130 g/mol. The van der Waals surface area contributed by atoms with Crippen LogP contribution in [-0.4, -0.2) is 176 Å². The van der Waals surface area contributed by atoms with Gasteiger partial charge in [0.1, 0.15) is 48.3 Å². The summed E-state index contributed by atoms with van der Waals surface area (Å²) in [6, 6.07) is -3.15. The second-order valence-electron chi connectivity index (χ2n) is 20.1. The Balaban J connectivity index is 1.79. The first-order valence-electron chi connectivity index (χ1n) is 26.0. The number of carboxylic acids is 2. The van der Waals surface area contributed by atoms with Crippen LogP contribution in [0.2, 0.25) is 0 Å². The fourth-order valence-corrected chi connectivity index (χ4v) is 8.89. The van der Waals surface area contributed by atoms with Crippen LogP contribution < -0.4 is 54.0 Å². The van der Waals surface area contributed by atoms with Gasteiger partial charge in [0.05, 0.1) is 25.3 Å². The number of hydrogen-bond donors (Lipinski definition) is 13. The molecule has 1 aliphatic rings. The molecule has 9 atom stereocenters. The first-order chi connectivity index (χ1) is 37.3. The highest BCUT2D eigenvalue weighted by atomic mass is 32.2. The first kappa shape index (κ1) is 65.7. The number of nitrogens with two attached hydrogens (primary N) is 2. The molecule has 28 heteroatoms. The highest BCUT2D eigenvalue weighted by molar-refractivity contribution is 7.98. The van der Waals surface area contributed by atoms with E-state index in [1.54, 1.807) is 50.4 Å². The maximum atomic E-state index is 14.1. The second-order valence-corrected chi connectivity index (χ2v) is 21.1. The summed E-state index contributed by atoms with van der Waals surface area (Å²) in [6.45, 7) is 8.03. The van der Waals surface area contributed by atoms with Crippen molar-refractivity contribution in [2.45, 2.75) is 153 Å². The molecule has 1 aliphatic heterocycles. The third-order valence-corrected chi connectivity index (χ3v) is 13.1. The fraction of sp³-hybridized carbons (Fsp3) is 0.588. The quantitative estimate of drug-likeness (QED) is 0.0351. The minimum absolute atomic E-state index is 0.00463. The van der Waals surface area contributed by atoms with Crippen LogP contribution in [0.5, 0.6) is 0 Å². The molecular formula is C51H77N13O14S. The number of aromatic nitrogens is 2. The number of thioether (sulfide) groups is 1. The molecule has 79 heavy (non-hydrogen) atoms. The van der Waals surface area contributed by atoms with Crippen LogP contribution in [0.4, 0.5) is 0 Å². The maximum Gasteiger partial charge on any atom is 0.326 e. The van der Waals surface area contributed by atoms with Crippen molar-refractivity contribution in [3.8, 4) is 0 Å². The van der Waals surface area contributed by atoms with Gasteiger partial charge in [0.25, 0.3) is 0 Å². The lowest BCUT2D eigenvalue weighted by Gasteiger charge is -2.30. The predicted octanol–water partition coefficient (Wildman–Crippen LogP) is -2.29. The number of likely N-dealkylation sites (tertiary alicyclic amines) is 1. The Labute approximate surface area is 462 Å². The van der Waals surface area contributed by atoms with Crippen molar-refractivity contribution in [2.75, 3.05) is 25.1 Å². The number of hydrogen-bond acceptors (Lipinski definition) is 15. The van der Waals surface area contributed by atoms with E-state index >= 15 is 0 Å². The molecule has 3 rings (SSSR count). The van der Waals surface area contributed by atoms with Crippen LogP contribution in [0.25, 0.3) is 0 Å². The number of benzene rings is 1. The third-order valence-electron chi connectivity index (χ3n) is 12.4. The first-order valence-corrected chi connectivity index (χ1v) is 27.4. The molecule has 0 bridgehead atoms. The van der Waals surface area contributed by atoms with Crippen LogP contribution >= 0.6 is 11.8 Å². The number of carbonyl (C=O) groups is 12. The lowest BCUT2D eigenvalue weighted by molar-refractivity contribution is -0.145. The second kappa shape index (κ2) is 33.0. The predicted molar refractivity (Wildman–Crippen MR) is 288 cm³/mol. The van der Waals surface area contributed by atoms with E-state index in [1.807, 2.05) is 13.8 Å². The molecule has 1 aromatic heterocycles. The molecule has 0 aliphatic carbocycles. The van der Waals surface area contributed by atoms with Gasteiger partial charge in [-0.25, -0.2) is 9.78 Å². The molecule has 0 spiro atoms. The Kier molecular flexibility index (Phi) is 27.4. The average molecular weight is 1130 g/mol. The van der Waals surface area contributed by atoms with Crippen LogP contribution in [0.1, 0.15) is 97.2 Å². The Bertz CT molecular complexity index is 2430. The van der Waals surface area contributed by atoms with Crippen molar-refractivity contribution in [2.24, 2.45) is 23.3 Å². The van der Waals surface area contributed by atoms with Crippen molar-refractivity contribution in [1.82, 2.24) is 57.4 Å². The smallest absolute Gasteiger partial charge is 0.326 e. The molecule has 1 saturated heterocycles. The summed E-state index contributed by atoms with van der Waals surface area (Å²) in [4.78, 5) is 167. The summed E-state index contributed by atoms with van der Waals surface area (Å²) < 4.78 is 0. The molecule has 27 nitrogen and oxygen atoms in total. The lowest BCUT2D eigenvalue weighted by atomic mass is 10.0. The molecule has 1 fully saturated rings. The van der Waals surface area contributed by atoms with E-state index in [9.17, 15) is 67.7 Å². The van der Waals surface area contributed by atoms with Crippen molar-refractivity contribution in [1.29, 1.82) is 0 Å². The van der Waals surface area contributed by atoms with Crippen molar-refractivity contribution >= 4 is 82.8 Å². The Morgan fingerprint density at radius 2 is 1.27 bits per heavy atom. The summed E-state index contributed by atoms with van der Waals surface area (Å²) in [5, 5.41) is 39.6.